The first-order chi connectivity index (χ1) is 9.24. The topological polar surface area (TPSA) is 26.3 Å². The number of aryl methyl sites for hydroxylation is 1. The third-order valence-electron chi connectivity index (χ3n) is 2.69. The van der Waals surface area contributed by atoms with Gasteiger partial charge in [-0.15, -0.1) is 0 Å². The van der Waals surface area contributed by atoms with Crippen LogP contribution < -0.4 is 4.74 Å². The smallest absolute Gasteiger partial charge is 0.335 e. The zero-order chi connectivity index (χ0) is 13.5. The maximum absolute atomic E-state index is 11.6. The summed E-state index contributed by atoms with van der Waals surface area (Å²) in [5.74, 6) is 0.222. The Labute approximate surface area is 113 Å². The Kier molecular flexibility index (Phi) is 4.51. The van der Waals surface area contributed by atoms with E-state index in [2.05, 4.69) is 0 Å². The summed E-state index contributed by atoms with van der Waals surface area (Å²) in [6, 6.07) is 17.4. The summed E-state index contributed by atoms with van der Waals surface area (Å²) < 4.78 is 5.18. The number of carbonyl (C=O) groups excluding carboxylic acids is 1. The molecule has 0 N–H and O–H groups in total. The molecular formula is C17H16O2. The second-order valence-corrected chi connectivity index (χ2v) is 4.33. The van der Waals surface area contributed by atoms with Gasteiger partial charge in [-0.3, -0.25) is 0 Å². The highest BCUT2D eigenvalue weighted by Crippen LogP contribution is 2.11. The zero-order valence-electron chi connectivity index (χ0n) is 10.9. The van der Waals surface area contributed by atoms with Crippen molar-refractivity contribution in [1.29, 1.82) is 0 Å². The number of allylic oxidation sites excluding steroid dienone is 1. The van der Waals surface area contributed by atoms with Gasteiger partial charge in [0.2, 0.25) is 0 Å². The normalized spacial score (nSPS) is 10.6. The van der Waals surface area contributed by atoms with Crippen molar-refractivity contribution >= 4 is 5.97 Å². The van der Waals surface area contributed by atoms with Gasteiger partial charge in [0.25, 0.3) is 0 Å². The maximum atomic E-state index is 11.6. The summed E-state index contributed by atoms with van der Waals surface area (Å²) in [6.45, 7) is 1.99. The highest BCUT2D eigenvalue weighted by atomic mass is 16.5. The molecule has 0 saturated heterocycles. The molecule has 2 aromatic carbocycles. The molecule has 0 atom stereocenters. The van der Waals surface area contributed by atoms with Gasteiger partial charge in [-0.1, -0.05) is 54.1 Å². The number of esters is 1. The zero-order valence-corrected chi connectivity index (χ0v) is 10.9. The molecule has 0 unspecified atom stereocenters. The van der Waals surface area contributed by atoms with Crippen LogP contribution in [0.3, 0.4) is 0 Å². The van der Waals surface area contributed by atoms with Crippen LogP contribution in [0, 0.1) is 6.92 Å². The van der Waals surface area contributed by atoms with Crippen LogP contribution in [0.2, 0.25) is 0 Å². The van der Waals surface area contributed by atoms with Crippen LogP contribution >= 0.6 is 0 Å². The van der Waals surface area contributed by atoms with E-state index < -0.39 is 0 Å². The first-order valence-electron chi connectivity index (χ1n) is 6.23. The second-order valence-electron chi connectivity index (χ2n) is 4.33. The molecule has 0 fully saturated rings. The molecular weight excluding hydrogens is 236 g/mol. The van der Waals surface area contributed by atoms with Crippen molar-refractivity contribution in [3.63, 3.8) is 0 Å². The van der Waals surface area contributed by atoms with Gasteiger partial charge < -0.3 is 4.74 Å². The molecule has 0 aliphatic heterocycles. The van der Waals surface area contributed by atoms with Gasteiger partial charge in [0.05, 0.1) is 0 Å². The molecule has 0 radical (unpaired) electrons. The highest BCUT2D eigenvalue weighted by Gasteiger charge is 1.99. The van der Waals surface area contributed by atoms with Gasteiger partial charge in [0.15, 0.2) is 0 Å². The minimum atomic E-state index is -0.347. The van der Waals surface area contributed by atoms with Crippen LogP contribution in [0.25, 0.3) is 0 Å². The summed E-state index contributed by atoms with van der Waals surface area (Å²) in [5, 5.41) is 0. The monoisotopic (exact) mass is 252 g/mol. The standard InChI is InChI=1S/C17H16O2/c1-14-10-12-16(13-11-14)19-17(18)9-5-8-15-6-3-2-4-7-15/h2-7,9-13H,8H2,1H3. The van der Waals surface area contributed by atoms with Crippen LogP contribution in [0.15, 0.2) is 66.7 Å². The molecule has 0 saturated carbocycles. The molecule has 2 aromatic rings. The predicted molar refractivity (Wildman–Crippen MR) is 76.1 cm³/mol. The van der Waals surface area contributed by atoms with Crippen LogP contribution in [0.4, 0.5) is 0 Å². The largest absolute Gasteiger partial charge is 0.423 e. The average molecular weight is 252 g/mol. The van der Waals surface area contributed by atoms with Crippen molar-refractivity contribution < 1.29 is 9.53 Å². The Morgan fingerprint density at radius 1 is 1.05 bits per heavy atom. The number of hydrogen-bond acceptors (Lipinski definition) is 2. The summed E-state index contributed by atoms with van der Waals surface area (Å²) in [6.07, 6.45) is 4.00. The summed E-state index contributed by atoms with van der Waals surface area (Å²) in [4.78, 5) is 11.6. The molecule has 0 aromatic heterocycles. The van der Waals surface area contributed by atoms with Crippen LogP contribution in [-0.4, -0.2) is 5.97 Å². The number of carbonyl (C=O) groups is 1. The molecule has 19 heavy (non-hydrogen) atoms. The number of hydrogen-bond donors (Lipinski definition) is 0. The summed E-state index contributed by atoms with van der Waals surface area (Å²) in [7, 11) is 0. The van der Waals surface area contributed by atoms with E-state index >= 15 is 0 Å². The van der Waals surface area contributed by atoms with Gasteiger partial charge in [-0.25, -0.2) is 4.79 Å². The van der Waals surface area contributed by atoms with Crippen molar-refractivity contribution in [3.8, 4) is 5.75 Å². The lowest BCUT2D eigenvalue weighted by atomic mass is 10.1. The lowest BCUT2D eigenvalue weighted by molar-refractivity contribution is -0.129. The fraction of sp³-hybridized carbons (Fsp3) is 0.118. The molecule has 0 amide bonds. The quantitative estimate of drug-likeness (QED) is 0.471. The van der Waals surface area contributed by atoms with Gasteiger partial charge in [0, 0.05) is 6.08 Å². The third kappa shape index (κ3) is 4.43. The van der Waals surface area contributed by atoms with E-state index in [1.54, 1.807) is 12.1 Å². The van der Waals surface area contributed by atoms with Crippen molar-refractivity contribution in [2.45, 2.75) is 13.3 Å². The fourth-order valence-electron chi connectivity index (χ4n) is 1.66. The van der Waals surface area contributed by atoms with E-state index in [0.29, 0.717) is 5.75 Å². The minimum Gasteiger partial charge on any atom is -0.423 e. The number of benzene rings is 2. The first kappa shape index (κ1) is 13.1. The Morgan fingerprint density at radius 3 is 2.42 bits per heavy atom. The Balaban J connectivity index is 1.86. The van der Waals surface area contributed by atoms with Gasteiger partial charge in [0.1, 0.15) is 5.75 Å². The van der Waals surface area contributed by atoms with E-state index in [-0.39, 0.29) is 5.97 Å². The number of ether oxygens (including phenoxy) is 1. The molecule has 2 nitrogen and oxygen atoms in total. The maximum Gasteiger partial charge on any atom is 0.335 e. The van der Waals surface area contributed by atoms with Crippen LogP contribution in [0.1, 0.15) is 11.1 Å². The highest BCUT2D eigenvalue weighted by molar-refractivity contribution is 5.84. The summed E-state index contributed by atoms with van der Waals surface area (Å²) in [5.41, 5.74) is 2.31. The molecule has 0 aliphatic carbocycles. The van der Waals surface area contributed by atoms with Crippen molar-refractivity contribution in [1.82, 2.24) is 0 Å². The van der Waals surface area contributed by atoms with E-state index in [0.717, 1.165) is 12.0 Å². The number of rotatable bonds is 4. The Bertz CT molecular complexity index is 554. The van der Waals surface area contributed by atoms with E-state index in [9.17, 15) is 4.79 Å². The molecule has 0 heterocycles. The van der Waals surface area contributed by atoms with Crippen molar-refractivity contribution in [2.24, 2.45) is 0 Å². The SMILES string of the molecule is Cc1ccc(OC(=O)C=CCc2ccccc2)cc1. The molecule has 96 valence electrons. The average Bonchev–Trinajstić information content (AvgIpc) is 2.43. The van der Waals surface area contributed by atoms with Gasteiger partial charge >= 0.3 is 5.97 Å². The lowest BCUT2D eigenvalue weighted by Crippen LogP contribution is -2.03. The van der Waals surface area contributed by atoms with E-state index in [1.165, 1.54) is 11.6 Å². The van der Waals surface area contributed by atoms with Crippen molar-refractivity contribution in [2.75, 3.05) is 0 Å². The van der Waals surface area contributed by atoms with E-state index in [4.69, 9.17) is 4.74 Å². The molecule has 0 bridgehead atoms. The Morgan fingerprint density at radius 2 is 1.74 bits per heavy atom. The van der Waals surface area contributed by atoms with Gasteiger partial charge in [-0.2, -0.15) is 0 Å². The molecule has 0 spiro atoms. The molecule has 0 aliphatic rings. The third-order valence-corrected chi connectivity index (χ3v) is 2.69. The molecule has 2 rings (SSSR count). The second kappa shape index (κ2) is 6.55. The summed E-state index contributed by atoms with van der Waals surface area (Å²) >= 11 is 0. The lowest BCUT2D eigenvalue weighted by Gasteiger charge is -2.01. The molecule has 2 heteroatoms. The van der Waals surface area contributed by atoms with Crippen LogP contribution in [-0.2, 0) is 11.2 Å². The first-order valence-corrected chi connectivity index (χ1v) is 6.23. The van der Waals surface area contributed by atoms with E-state index in [1.807, 2.05) is 55.5 Å². The predicted octanol–water partition coefficient (Wildman–Crippen LogP) is 3.70. The fourth-order valence-corrected chi connectivity index (χ4v) is 1.66. The van der Waals surface area contributed by atoms with Gasteiger partial charge in [-0.05, 0) is 31.0 Å². The van der Waals surface area contributed by atoms with Crippen LogP contribution in [0.5, 0.6) is 5.75 Å². The van der Waals surface area contributed by atoms with Crippen molar-refractivity contribution in [3.05, 3.63) is 77.9 Å². The minimum absolute atomic E-state index is 0.347. The Hall–Kier alpha value is -2.35.